The summed E-state index contributed by atoms with van der Waals surface area (Å²) in [5, 5.41) is 0. The van der Waals surface area contributed by atoms with Crippen molar-refractivity contribution >= 4 is 10.0 Å². The van der Waals surface area contributed by atoms with Crippen LogP contribution < -0.4 is 10.5 Å². The van der Waals surface area contributed by atoms with Gasteiger partial charge >= 0.3 is 0 Å². The van der Waals surface area contributed by atoms with Gasteiger partial charge in [-0.2, -0.15) is 0 Å². The highest BCUT2D eigenvalue weighted by Gasteiger charge is 2.16. The highest BCUT2D eigenvalue weighted by Crippen LogP contribution is 2.23. The molecule has 0 saturated heterocycles. The van der Waals surface area contributed by atoms with Gasteiger partial charge in [-0.1, -0.05) is 39.3 Å². The van der Waals surface area contributed by atoms with Crippen molar-refractivity contribution in [3.05, 3.63) is 29.8 Å². The van der Waals surface area contributed by atoms with Crippen LogP contribution in [-0.4, -0.2) is 21.5 Å². The molecule has 0 aliphatic heterocycles. The fourth-order valence-corrected chi connectivity index (χ4v) is 2.94. The first-order valence-electron chi connectivity index (χ1n) is 7.07. The Labute approximate surface area is 122 Å². The molecule has 1 aromatic rings. The molecular weight excluding hydrogens is 272 g/mol. The Morgan fingerprint density at radius 2 is 1.65 bits per heavy atom. The summed E-state index contributed by atoms with van der Waals surface area (Å²) >= 11 is 0. The molecule has 0 atom stereocenters. The van der Waals surface area contributed by atoms with Gasteiger partial charge in [0, 0.05) is 6.54 Å². The first-order chi connectivity index (χ1) is 9.27. The van der Waals surface area contributed by atoms with Gasteiger partial charge in [0.2, 0.25) is 10.0 Å². The minimum atomic E-state index is -3.39. The van der Waals surface area contributed by atoms with Crippen LogP contribution >= 0.6 is 0 Å². The van der Waals surface area contributed by atoms with Gasteiger partial charge in [-0.3, -0.25) is 0 Å². The number of hydrogen-bond acceptors (Lipinski definition) is 3. The van der Waals surface area contributed by atoms with Gasteiger partial charge in [-0.25, -0.2) is 13.1 Å². The van der Waals surface area contributed by atoms with E-state index in [-0.39, 0.29) is 5.41 Å². The number of rotatable bonds is 7. The summed E-state index contributed by atoms with van der Waals surface area (Å²) in [6, 6.07) is 7.09. The van der Waals surface area contributed by atoms with Crippen molar-refractivity contribution in [3.8, 4) is 0 Å². The Morgan fingerprint density at radius 3 is 2.15 bits per heavy atom. The van der Waals surface area contributed by atoms with E-state index in [1.54, 1.807) is 12.1 Å². The van der Waals surface area contributed by atoms with Crippen LogP contribution in [0.1, 0.15) is 45.6 Å². The van der Waals surface area contributed by atoms with Crippen molar-refractivity contribution in [2.24, 2.45) is 5.73 Å². The molecule has 114 valence electrons. The summed E-state index contributed by atoms with van der Waals surface area (Å²) in [6.45, 7) is 7.43. The average molecular weight is 298 g/mol. The highest BCUT2D eigenvalue weighted by atomic mass is 32.2. The number of hydrogen-bond donors (Lipinski definition) is 2. The van der Waals surface area contributed by atoms with Crippen molar-refractivity contribution in [1.82, 2.24) is 4.72 Å². The maximum absolute atomic E-state index is 12.1. The summed E-state index contributed by atoms with van der Waals surface area (Å²) in [5.41, 5.74) is 6.55. The predicted octanol–water partition coefficient (Wildman–Crippen LogP) is 2.39. The van der Waals surface area contributed by atoms with E-state index >= 15 is 0 Å². The van der Waals surface area contributed by atoms with Crippen LogP contribution in [0.5, 0.6) is 0 Å². The smallest absolute Gasteiger partial charge is 0.240 e. The monoisotopic (exact) mass is 298 g/mol. The van der Waals surface area contributed by atoms with E-state index in [1.807, 2.05) is 12.1 Å². The average Bonchev–Trinajstić information content (AvgIpc) is 2.37. The lowest BCUT2D eigenvalue weighted by Crippen LogP contribution is -2.25. The van der Waals surface area contributed by atoms with Crippen molar-refractivity contribution < 1.29 is 8.42 Å². The lowest BCUT2D eigenvalue weighted by atomic mass is 9.87. The van der Waals surface area contributed by atoms with Crippen LogP contribution in [0.3, 0.4) is 0 Å². The zero-order chi connectivity index (χ0) is 15.2. The Kier molecular flexibility index (Phi) is 6.17. The molecule has 0 radical (unpaired) electrons. The summed E-state index contributed by atoms with van der Waals surface area (Å²) in [4.78, 5) is 0.323. The van der Waals surface area contributed by atoms with Crippen LogP contribution in [0.2, 0.25) is 0 Å². The lowest BCUT2D eigenvalue weighted by Gasteiger charge is -2.19. The van der Waals surface area contributed by atoms with Crippen LogP contribution in [0.25, 0.3) is 0 Å². The maximum Gasteiger partial charge on any atom is 0.240 e. The van der Waals surface area contributed by atoms with Crippen LogP contribution in [0.4, 0.5) is 0 Å². The van der Waals surface area contributed by atoms with E-state index in [0.717, 1.165) is 24.8 Å². The molecule has 0 aromatic heterocycles. The van der Waals surface area contributed by atoms with Crippen molar-refractivity contribution in [2.45, 2.75) is 50.3 Å². The number of nitrogens with one attached hydrogen (secondary N) is 1. The number of nitrogens with two attached hydrogens (primary N) is 1. The Bertz CT molecular complexity index is 502. The number of sulfonamides is 1. The molecule has 0 spiro atoms. The minimum Gasteiger partial charge on any atom is -0.330 e. The second kappa shape index (κ2) is 7.20. The zero-order valence-corrected chi connectivity index (χ0v) is 13.5. The fraction of sp³-hybridized carbons (Fsp3) is 0.600. The molecule has 0 fully saturated rings. The van der Waals surface area contributed by atoms with E-state index in [2.05, 4.69) is 25.5 Å². The Morgan fingerprint density at radius 1 is 1.05 bits per heavy atom. The lowest BCUT2D eigenvalue weighted by molar-refractivity contribution is 0.573. The number of benzene rings is 1. The largest absolute Gasteiger partial charge is 0.330 e. The van der Waals surface area contributed by atoms with Crippen LogP contribution in [0.15, 0.2) is 29.2 Å². The van der Waals surface area contributed by atoms with Crippen LogP contribution in [0, 0.1) is 0 Å². The molecule has 0 aliphatic rings. The summed E-state index contributed by atoms with van der Waals surface area (Å²) in [7, 11) is -3.39. The SMILES string of the molecule is CC(C)(C)c1ccc(S(=O)(=O)NCCCCCN)cc1. The van der Waals surface area contributed by atoms with Gasteiger partial charge in [0.25, 0.3) is 0 Å². The molecule has 3 N–H and O–H groups in total. The summed E-state index contributed by atoms with van der Waals surface area (Å²) in [6.07, 6.45) is 2.69. The standard InChI is InChI=1S/C15H26N2O2S/c1-15(2,3)13-7-9-14(10-8-13)20(18,19)17-12-6-4-5-11-16/h7-10,17H,4-6,11-12,16H2,1-3H3. The zero-order valence-electron chi connectivity index (χ0n) is 12.6. The van der Waals surface area contributed by atoms with Crippen molar-refractivity contribution in [1.29, 1.82) is 0 Å². The van der Waals surface area contributed by atoms with Gasteiger partial charge in [-0.15, -0.1) is 0 Å². The molecule has 4 nitrogen and oxygen atoms in total. The molecule has 1 aromatic carbocycles. The molecular formula is C15H26N2O2S. The van der Waals surface area contributed by atoms with Crippen molar-refractivity contribution in [3.63, 3.8) is 0 Å². The van der Waals surface area contributed by atoms with E-state index in [4.69, 9.17) is 5.73 Å². The molecule has 0 saturated carbocycles. The maximum atomic E-state index is 12.1. The first kappa shape index (κ1) is 17.1. The van der Waals surface area contributed by atoms with Gasteiger partial charge in [-0.05, 0) is 42.5 Å². The molecule has 0 heterocycles. The Hall–Kier alpha value is -0.910. The predicted molar refractivity (Wildman–Crippen MR) is 83.2 cm³/mol. The van der Waals surface area contributed by atoms with Gasteiger partial charge in [0.15, 0.2) is 0 Å². The second-order valence-corrected chi connectivity index (χ2v) is 7.79. The Balaban J connectivity index is 2.64. The third-order valence-electron chi connectivity index (χ3n) is 3.20. The van der Waals surface area contributed by atoms with Gasteiger partial charge < -0.3 is 5.73 Å². The topological polar surface area (TPSA) is 72.2 Å². The van der Waals surface area contributed by atoms with E-state index in [9.17, 15) is 8.42 Å². The minimum absolute atomic E-state index is 0.0257. The quantitative estimate of drug-likeness (QED) is 0.759. The van der Waals surface area contributed by atoms with Gasteiger partial charge in [0.05, 0.1) is 4.90 Å². The summed E-state index contributed by atoms with van der Waals surface area (Å²) < 4.78 is 26.8. The molecule has 0 bridgehead atoms. The fourth-order valence-electron chi connectivity index (χ4n) is 1.87. The molecule has 0 unspecified atom stereocenters. The van der Waals surface area contributed by atoms with Crippen LogP contribution in [-0.2, 0) is 15.4 Å². The van der Waals surface area contributed by atoms with E-state index in [0.29, 0.717) is 18.0 Å². The van der Waals surface area contributed by atoms with Gasteiger partial charge in [0.1, 0.15) is 0 Å². The normalized spacial score (nSPS) is 12.6. The molecule has 0 aliphatic carbocycles. The third-order valence-corrected chi connectivity index (χ3v) is 4.68. The second-order valence-electron chi connectivity index (χ2n) is 6.02. The highest BCUT2D eigenvalue weighted by molar-refractivity contribution is 7.89. The van der Waals surface area contributed by atoms with E-state index in [1.165, 1.54) is 0 Å². The van der Waals surface area contributed by atoms with Crippen molar-refractivity contribution in [2.75, 3.05) is 13.1 Å². The molecule has 1 rings (SSSR count). The summed E-state index contributed by atoms with van der Waals surface area (Å²) in [5.74, 6) is 0. The molecule has 20 heavy (non-hydrogen) atoms. The van der Waals surface area contributed by atoms with E-state index < -0.39 is 10.0 Å². The molecule has 5 heteroatoms. The number of unbranched alkanes of at least 4 members (excludes halogenated alkanes) is 2. The third kappa shape index (κ3) is 5.23. The molecule has 0 amide bonds. The first-order valence-corrected chi connectivity index (χ1v) is 8.56.